The minimum atomic E-state index is -0.510. The van der Waals surface area contributed by atoms with E-state index in [4.69, 9.17) is 9.47 Å². The van der Waals surface area contributed by atoms with Crippen molar-refractivity contribution in [1.29, 1.82) is 0 Å². The van der Waals surface area contributed by atoms with E-state index < -0.39 is 11.7 Å². The largest absolute Gasteiger partial charge is 0.469 e. The molecular formula is C14H23NO4. The lowest BCUT2D eigenvalue weighted by Gasteiger charge is -2.30. The summed E-state index contributed by atoms with van der Waals surface area (Å²) in [6.45, 7) is 7.49. The maximum Gasteiger partial charge on any atom is 0.408 e. The highest BCUT2D eigenvalue weighted by atomic mass is 16.6. The molecule has 1 amide bonds. The molecule has 2 aliphatic carbocycles. The smallest absolute Gasteiger partial charge is 0.408 e. The van der Waals surface area contributed by atoms with Crippen molar-refractivity contribution in [1.82, 2.24) is 5.32 Å². The van der Waals surface area contributed by atoms with Crippen LogP contribution < -0.4 is 5.32 Å². The molecule has 0 radical (unpaired) electrons. The highest BCUT2D eigenvalue weighted by molar-refractivity contribution is 5.78. The quantitative estimate of drug-likeness (QED) is 0.780. The average Bonchev–Trinajstić information content (AvgIpc) is 2.89. The lowest BCUT2D eigenvalue weighted by Crippen LogP contribution is -2.49. The van der Waals surface area contributed by atoms with Crippen LogP contribution in [0.3, 0.4) is 0 Å². The fraction of sp³-hybridized carbons (Fsp3) is 0.857. The van der Waals surface area contributed by atoms with Gasteiger partial charge >= 0.3 is 12.1 Å². The zero-order valence-electron chi connectivity index (χ0n) is 12.3. The highest BCUT2D eigenvalue weighted by Gasteiger charge is 2.67. The number of fused-ring (bicyclic) bond motifs is 1. The van der Waals surface area contributed by atoms with Crippen LogP contribution in [0.25, 0.3) is 0 Å². The minimum Gasteiger partial charge on any atom is -0.469 e. The normalized spacial score (nSPS) is 36.4. The van der Waals surface area contributed by atoms with Gasteiger partial charge in [-0.15, -0.1) is 0 Å². The van der Waals surface area contributed by atoms with Crippen LogP contribution in [-0.2, 0) is 14.3 Å². The summed E-state index contributed by atoms with van der Waals surface area (Å²) in [4.78, 5) is 23.5. The van der Waals surface area contributed by atoms with E-state index >= 15 is 0 Å². The third-order valence-corrected chi connectivity index (χ3v) is 4.16. The van der Waals surface area contributed by atoms with Crippen molar-refractivity contribution in [3.63, 3.8) is 0 Å². The fourth-order valence-corrected chi connectivity index (χ4v) is 3.38. The third kappa shape index (κ3) is 2.69. The monoisotopic (exact) mass is 269 g/mol. The number of rotatable bonds is 2. The second kappa shape index (κ2) is 4.39. The first-order valence-corrected chi connectivity index (χ1v) is 6.77. The van der Waals surface area contributed by atoms with Crippen LogP contribution in [0.4, 0.5) is 4.79 Å². The van der Waals surface area contributed by atoms with Crippen LogP contribution in [-0.4, -0.2) is 30.3 Å². The van der Waals surface area contributed by atoms with E-state index in [9.17, 15) is 9.59 Å². The number of esters is 1. The van der Waals surface area contributed by atoms with Gasteiger partial charge in [0, 0.05) is 5.54 Å². The molecule has 0 aliphatic heterocycles. The maximum atomic E-state index is 11.9. The van der Waals surface area contributed by atoms with Gasteiger partial charge < -0.3 is 14.8 Å². The summed E-state index contributed by atoms with van der Waals surface area (Å²) in [6.07, 6.45) is 1.43. The first-order chi connectivity index (χ1) is 8.68. The first kappa shape index (κ1) is 14.2. The first-order valence-electron chi connectivity index (χ1n) is 6.77. The van der Waals surface area contributed by atoms with E-state index in [0.717, 1.165) is 12.8 Å². The summed E-state index contributed by atoms with van der Waals surface area (Å²) in [5, 5.41) is 2.94. The van der Waals surface area contributed by atoms with Crippen molar-refractivity contribution >= 4 is 12.1 Å². The van der Waals surface area contributed by atoms with Crippen LogP contribution in [0.2, 0.25) is 0 Å². The molecular weight excluding hydrogens is 246 g/mol. The molecule has 2 fully saturated rings. The van der Waals surface area contributed by atoms with Crippen molar-refractivity contribution in [2.75, 3.05) is 7.11 Å². The molecule has 0 saturated heterocycles. The number of alkyl carbamates (subject to hydrolysis) is 1. The van der Waals surface area contributed by atoms with Gasteiger partial charge in [-0.05, 0) is 52.4 Å². The summed E-state index contributed by atoms with van der Waals surface area (Å²) >= 11 is 0. The summed E-state index contributed by atoms with van der Waals surface area (Å²) in [5.74, 6) is 0.324. The molecule has 0 aromatic carbocycles. The number of methoxy groups -OCH3 is 1. The number of nitrogens with one attached hydrogen (secondary N) is 1. The molecule has 1 N–H and O–H groups in total. The van der Waals surface area contributed by atoms with Gasteiger partial charge in [0.2, 0.25) is 0 Å². The molecule has 0 bridgehead atoms. The second-order valence-electron chi connectivity index (χ2n) is 6.82. The molecule has 2 rings (SSSR count). The van der Waals surface area contributed by atoms with Crippen LogP contribution in [0.15, 0.2) is 0 Å². The van der Waals surface area contributed by atoms with Crippen molar-refractivity contribution in [3.05, 3.63) is 0 Å². The van der Waals surface area contributed by atoms with E-state index in [1.807, 2.05) is 27.7 Å². The van der Waals surface area contributed by atoms with Gasteiger partial charge in [0.1, 0.15) is 5.60 Å². The summed E-state index contributed by atoms with van der Waals surface area (Å²) in [5.41, 5.74) is -0.865. The molecule has 5 nitrogen and oxygen atoms in total. The molecule has 0 aromatic heterocycles. The van der Waals surface area contributed by atoms with Crippen LogP contribution in [0, 0.1) is 17.8 Å². The Morgan fingerprint density at radius 1 is 1.32 bits per heavy atom. The number of ether oxygens (including phenoxy) is 2. The van der Waals surface area contributed by atoms with Gasteiger partial charge in [0.05, 0.1) is 13.0 Å². The Bertz CT molecular complexity index is 401. The number of amides is 1. The molecule has 0 unspecified atom stereocenters. The lowest BCUT2D eigenvalue weighted by atomic mass is 9.93. The predicted octanol–water partition coefficient (Wildman–Crippen LogP) is 2.10. The number of carbonyl (C=O) groups excluding carboxylic acids is 2. The third-order valence-electron chi connectivity index (χ3n) is 4.16. The van der Waals surface area contributed by atoms with Crippen LogP contribution in [0.1, 0.15) is 40.5 Å². The van der Waals surface area contributed by atoms with Crippen LogP contribution in [0.5, 0.6) is 0 Å². The fourth-order valence-electron chi connectivity index (χ4n) is 3.38. The van der Waals surface area contributed by atoms with Crippen molar-refractivity contribution in [2.45, 2.75) is 51.7 Å². The Labute approximate surface area is 114 Å². The lowest BCUT2D eigenvalue weighted by molar-refractivity contribution is -0.143. The molecule has 108 valence electrons. The van der Waals surface area contributed by atoms with E-state index in [0.29, 0.717) is 5.92 Å². The Kier molecular flexibility index (Phi) is 3.27. The topological polar surface area (TPSA) is 64.6 Å². The Morgan fingerprint density at radius 3 is 2.47 bits per heavy atom. The molecule has 4 atom stereocenters. The van der Waals surface area contributed by atoms with E-state index in [1.54, 1.807) is 0 Å². The molecule has 0 heterocycles. The molecule has 2 aliphatic rings. The highest BCUT2D eigenvalue weighted by Crippen LogP contribution is 2.62. The predicted molar refractivity (Wildman–Crippen MR) is 69.5 cm³/mol. The van der Waals surface area contributed by atoms with E-state index in [1.165, 1.54) is 7.11 Å². The standard InChI is InChI=1S/C14H23NO4/c1-13(2,3)19-12(17)15-14(4)7-6-8-9(10(8)14)11(16)18-5/h8-10H,6-7H2,1-5H3,(H,15,17)/t8-,9-,10-,14-/m0/s1. The minimum absolute atomic E-state index is 0.0568. The van der Waals surface area contributed by atoms with Crippen molar-refractivity contribution in [3.8, 4) is 0 Å². The van der Waals surface area contributed by atoms with E-state index in [2.05, 4.69) is 5.32 Å². The Balaban J connectivity index is 1.97. The number of hydrogen-bond acceptors (Lipinski definition) is 4. The van der Waals surface area contributed by atoms with Gasteiger partial charge in [-0.1, -0.05) is 0 Å². The van der Waals surface area contributed by atoms with Crippen molar-refractivity contribution < 1.29 is 19.1 Å². The van der Waals surface area contributed by atoms with Gasteiger partial charge in [-0.2, -0.15) is 0 Å². The molecule has 19 heavy (non-hydrogen) atoms. The summed E-state index contributed by atoms with van der Waals surface area (Å²) < 4.78 is 10.1. The maximum absolute atomic E-state index is 11.9. The van der Waals surface area contributed by atoms with Gasteiger partial charge in [-0.25, -0.2) is 4.79 Å². The zero-order valence-corrected chi connectivity index (χ0v) is 12.3. The van der Waals surface area contributed by atoms with Gasteiger partial charge in [0.25, 0.3) is 0 Å². The van der Waals surface area contributed by atoms with Crippen molar-refractivity contribution in [2.24, 2.45) is 17.8 Å². The Hall–Kier alpha value is -1.26. The summed E-state index contributed by atoms with van der Waals surface area (Å²) in [6, 6.07) is 0. The molecule has 0 spiro atoms. The van der Waals surface area contributed by atoms with E-state index in [-0.39, 0.29) is 23.3 Å². The number of hydrogen-bond donors (Lipinski definition) is 1. The molecule has 2 saturated carbocycles. The second-order valence-corrected chi connectivity index (χ2v) is 6.82. The molecule has 5 heteroatoms. The van der Waals surface area contributed by atoms with Gasteiger partial charge in [0.15, 0.2) is 0 Å². The zero-order chi connectivity index (χ0) is 14.4. The van der Waals surface area contributed by atoms with Crippen LogP contribution >= 0.6 is 0 Å². The van der Waals surface area contributed by atoms with Gasteiger partial charge in [-0.3, -0.25) is 4.79 Å². The average molecular weight is 269 g/mol. The Morgan fingerprint density at radius 2 is 1.95 bits per heavy atom. The SMILES string of the molecule is COC(=O)[C@H]1[C@@H]2CC[C@](C)(NC(=O)OC(C)(C)C)[C@@H]21. The summed E-state index contributed by atoms with van der Waals surface area (Å²) in [7, 11) is 1.41. The molecule has 0 aromatic rings. The number of carbonyl (C=O) groups is 2.